The van der Waals surface area contributed by atoms with Crippen LogP contribution in [0.1, 0.15) is 63.9 Å². The predicted octanol–water partition coefficient (Wildman–Crippen LogP) is 6.97. The van der Waals surface area contributed by atoms with Crippen molar-refractivity contribution in [1.82, 2.24) is 10.3 Å². The third kappa shape index (κ3) is 9.58. The smallest absolute Gasteiger partial charge is 0.328 e. The third-order valence-electron chi connectivity index (χ3n) is 8.47. The Morgan fingerprint density at radius 1 is 0.878 bits per heavy atom. The molecule has 1 fully saturated rings. The van der Waals surface area contributed by atoms with Gasteiger partial charge in [0.25, 0.3) is 11.8 Å². The van der Waals surface area contributed by atoms with Crippen LogP contribution in [0.15, 0.2) is 96.2 Å². The lowest BCUT2D eigenvalue weighted by Crippen LogP contribution is -2.41. The first-order valence-electron chi connectivity index (χ1n) is 16.1. The number of hydrogen-bond acceptors (Lipinski definition) is 5. The Balaban J connectivity index is 1.36. The number of guanidine groups is 1. The average molecular weight is 702 g/mol. The topological polar surface area (TPSA) is 150 Å². The summed E-state index contributed by atoms with van der Waals surface area (Å²) < 4.78 is 0. The molecule has 1 aliphatic carbocycles. The highest BCUT2D eigenvalue weighted by atomic mass is 35.5. The van der Waals surface area contributed by atoms with Gasteiger partial charge in [-0.05, 0) is 54.2 Å². The van der Waals surface area contributed by atoms with Crippen molar-refractivity contribution < 1.29 is 19.5 Å². The largest absolute Gasteiger partial charge is 0.480 e. The molecule has 0 aliphatic heterocycles. The summed E-state index contributed by atoms with van der Waals surface area (Å²) in [5.41, 5.74) is 9.67. The van der Waals surface area contributed by atoms with E-state index in [0.29, 0.717) is 35.0 Å². The van der Waals surface area contributed by atoms with Crippen molar-refractivity contribution in [2.24, 2.45) is 16.6 Å². The number of rotatable bonds is 12. The van der Waals surface area contributed by atoms with Crippen LogP contribution in [0.5, 0.6) is 0 Å². The van der Waals surface area contributed by atoms with E-state index in [0.717, 1.165) is 18.4 Å². The molecule has 10 nitrogen and oxygen atoms in total. The number of carboxylic acids is 1. The van der Waals surface area contributed by atoms with Gasteiger partial charge < -0.3 is 26.4 Å². The normalized spacial score (nSPS) is 14.1. The van der Waals surface area contributed by atoms with Crippen LogP contribution in [0.4, 0.5) is 11.4 Å². The van der Waals surface area contributed by atoms with Crippen molar-refractivity contribution in [3.05, 3.63) is 124 Å². The first-order chi connectivity index (χ1) is 23.7. The zero-order valence-electron chi connectivity index (χ0n) is 26.8. The number of pyridine rings is 1. The van der Waals surface area contributed by atoms with Gasteiger partial charge in [-0.15, -0.1) is 0 Å². The second-order valence-electron chi connectivity index (χ2n) is 12.0. The van der Waals surface area contributed by atoms with E-state index in [1.165, 1.54) is 31.7 Å². The van der Waals surface area contributed by atoms with Crippen LogP contribution in [0.3, 0.4) is 0 Å². The summed E-state index contributed by atoms with van der Waals surface area (Å²) in [5.74, 6) is -1.48. The number of amides is 2. The van der Waals surface area contributed by atoms with Gasteiger partial charge in [0.15, 0.2) is 12.0 Å². The lowest BCUT2D eigenvalue weighted by atomic mass is 9.89. The van der Waals surface area contributed by atoms with E-state index in [2.05, 4.69) is 20.6 Å². The van der Waals surface area contributed by atoms with E-state index in [9.17, 15) is 19.5 Å². The quantitative estimate of drug-likeness (QED) is 0.0921. The summed E-state index contributed by atoms with van der Waals surface area (Å²) in [6.07, 6.45) is 8.48. The zero-order valence-corrected chi connectivity index (χ0v) is 28.3. The van der Waals surface area contributed by atoms with Gasteiger partial charge in [-0.1, -0.05) is 97.1 Å². The molecule has 5 N–H and O–H groups in total. The van der Waals surface area contributed by atoms with Gasteiger partial charge in [0.05, 0.1) is 33.4 Å². The minimum Gasteiger partial charge on any atom is -0.480 e. The molecule has 0 saturated heterocycles. The number of carbonyl (C=O) groups is 3. The second kappa shape index (κ2) is 16.9. The Bertz CT molecular complexity index is 1780. The highest BCUT2D eigenvalue weighted by Crippen LogP contribution is 2.27. The molecule has 0 spiro atoms. The number of halogens is 2. The van der Waals surface area contributed by atoms with Gasteiger partial charge >= 0.3 is 5.97 Å². The van der Waals surface area contributed by atoms with E-state index < -0.39 is 17.9 Å². The molecule has 254 valence electrons. The Morgan fingerprint density at radius 3 is 2.20 bits per heavy atom. The van der Waals surface area contributed by atoms with Crippen molar-refractivity contribution in [2.75, 3.05) is 16.8 Å². The number of aliphatic imine (C=N–C) groups is 1. The molecule has 1 atom stereocenters. The fourth-order valence-corrected chi connectivity index (χ4v) is 6.40. The van der Waals surface area contributed by atoms with Gasteiger partial charge in [0.1, 0.15) is 0 Å². The van der Waals surface area contributed by atoms with Gasteiger partial charge in [-0.25, -0.2) is 9.79 Å². The van der Waals surface area contributed by atoms with Crippen LogP contribution in [-0.2, 0) is 17.8 Å². The molecule has 1 heterocycles. The number of benzene rings is 3. The number of nitrogens with two attached hydrogens (primary N) is 1. The van der Waals surface area contributed by atoms with Crippen LogP contribution in [-0.4, -0.2) is 46.4 Å². The van der Waals surface area contributed by atoms with E-state index >= 15 is 0 Å². The minimum atomic E-state index is -1.24. The number of anilines is 2. The SMILES string of the molecule is NC(=N[C@@H](Cc1ccc(NC(=O)c2c(Cl)cncc2Cl)cc1)C(=O)O)N(Cc1ccccc1)c1ccccc1C(=O)NCC1CCCCC1. The molecule has 1 saturated carbocycles. The fraction of sp³-hybridized carbons (Fsp3) is 0.270. The molecule has 4 aromatic rings. The molecule has 0 bridgehead atoms. The molecular formula is C37H38Cl2N6O4. The number of aliphatic carboxylic acids is 1. The first-order valence-corrected chi connectivity index (χ1v) is 16.9. The Kier molecular flexibility index (Phi) is 12.2. The second-order valence-corrected chi connectivity index (χ2v) is 12.8. The predicted molar refractivity (Wildman–Crippen MR) is 193 cm³/mol. The number of carboxylic acid groups (broad SMARTS) is 1. The number of nitrogens with zero attached hydrogens (tertiary/aromatic N) is 3. The number of nitrogens with one attached hydrogen (secondary N) is 2. The Hall–Kier alpha value is -4.93. The van der Waals surface area contributed by atoms with Crippen LogP contribution in [0, 0.1) is 5.92 Å². The van der Waals surface area contributed by atoms with Crippen LogP contribution >= 0.6 is 23.2 Å². The van der Waals surface area contributed by atoms with Crippen molar-refractivity contribution in [1.29, 1.82) is 0 Å². The summed E-state index contributed by atoms with van der Waals surface area (Å²) in [7, 11) is 0. The van der Waals surface area contributed by atoms with Gasteiger partial charge in [-0.2, -0.15) is 0 Å². The summed E-state index contributed by atoms with van der Waals surface area (Å²) >= 11 is 12.2. The zero-order chi connectivity index (χ0) is 34.8. The van der Waals surface area contributed by atoms with Gasteiger partial charge in [0.2, 0.25) is 0 Å². The van der Waals surface area contributed by atoms with Crippen LogP contribution < -0.4 is 21.3 Å². The van der Waals surface area contributed by atoms with E-state index in [-0.39, 0.29) is 40.4 Å². The monoisotopic (exact) mass is 700 g/mol. The third-order valence-corrected chi connectivity index (χ3v) is 9.04. The standard InChI is InChI=1S/C37H38Cl2N6O4/c38-29-21-41-22-30(39)33(29)35(47)43-27-17-15-24(16-18-27)19-31(36(48)49)44-37(40)45(23-26-11-5-2-6-12-26)32-14-8-7-13-28(32)34(46)42-20-25-9-3-1-4-10-25/h2,5-8,11-18,21-22,25,31H,1,3-4,9-10,19-20,23H2,(H2,40,44)(H,42,46)(H,43,47)(H,48,49)/t31-/m0/s1. The number of para-hydroxylation sites is 1. The van der Waals surface area contributed by atoms with E-state index in [4.69, 9.17) is 28.9 Å². The summed E-state index contributed by atoms with van der Waals surface area (Å²) in [6, 6.07) is 22.1. The Labute approximate surface area is 295 Å². The van der Waals surface area contributed by atoms with Gasteiger partial charge in [0, 0.05) is 31.0 Å². The van der Waals surface area contributed by atoms with Crippen LogP contribution in [0.25, 0.3) is 0 Å². The summed E-state index contributed by atoms with van der Waals surface area (Å²) in [4.78, 5) is 48.8. The molecule has 49 heavy (non-hydrogen) atoms. The highest BCUT2D eigenvalue weighted by Gasteiger charge is 2.24. The number of hydrogen-bond donors (Lipinski definition) is 4. The molecule has 0 radical (unpaired) electrons. The lowest BCUT2D eigenvalue weighted by molar-refractivity contribution is -0.138. The van der Waals surface area contributed by atoms with Crippen molar-refractivity contribution >= 4 is 58.3 Å². The first kappa shape index (κ1) is 35.4. The van der Waals surface area contributed by atoms with E-state index in [1.807, 2.05) is 36.4 Å². The fourth-order valence-electron chi connectivity index (χ4n) is 5.87. The molecule has 5 rings (SSSR count). The highest BCUT2D eigenvalue weighted by molar-refractivity contribution is 6.40. The average Bonchev–Trinajstić information content (AvgIpc) is 3.11. The maximum absolute atomic E-state index is 13.5. The minimum absolute atomic E-state index is 0.0228. The molecule has 0 unspecified atom stereocenters. The number of carbonyl (C=O) groups excluding carboxylic acids is 2. The maximum Gasteiger partial charge on any atom is 0.328 e. The van der Waals surface area contributed by atoms with Crippen LogP contribution in [0.2, 0.25) is 10.0 Å². The van der Waals surface area contributed by atoms with Gasteiger partial charge in [-0.3, -0.25) is 14.6 Å². The molecule has 3 aromatic carbocycles. The molecule has 1 aromatic heterocycles. The molecule has 12 heteroatoms. The molecule has 1 aliphatic rings. The maximum atomic E-state index is 13.5. The van der Waals surface area contributed by atoms with Crippen molar-refractivity contribution in [3.63, 3.8) is 0 Å². The summed E-state index contributed by atoms with van der Waals surface area (Å²) in [6.45, 7) is 0.861. The molecule has 2 amide bonds. The van der Waals surface area contributed by atoms with Crippen molar-refractivity contribution in [2.45, 2.75) is 51.1 Å². The molecular weight excluding hydrogens is 663 g/mol. The Morgan fingerprint density at radius 2 is 1.53 bits per heavy atom. The summed E-state index contributed by atoms with van der Waals surface area (Å²) in [5, 5.41) is 16.3. The van der Waals surface area contributed by atoms with Crippen molar-refractivity contribution in [3.8, 4) is 0 Å². The van der Waals surface area contributed by atoms with E-state index in [1.54, 1.807) is 47.4 Å². The number of aromatic nitrogens is 1. The lowest BCUT2D eigenvalue weighted by Gasteiger charge is -2.27.